The number of hydrazone groups is 1. The average molecular weight is 432 g/mol. The van der Waals surface area contributed by atoms with Crippen LogP contribution in [0, 0.1) is 31.0 Å². The summed E-state index contributed by atoms with van der Waals surface area (Å²) in [5.74, 6) is -1.44. The van der Waals surface area contributed by atoms with E-state index in [2.05, 4.69) is 58.1 Å². The summed E-state index contributed by atoms with van der Waals surface area (Å²) in [5.41, 5.74) is 7.40. The van der Waals surface area contributed by atoms with Crippen LogP contribution >= 0.6 is 0 Å². The van der Waals surface area contributed by atoms with E-state index in [0.717, 1.165) is 41.8 Å². The summed E-state index contributed by atoms with van der Waals surface area (Å²) in [4.78, 5) is 14.5. The van der Waals surface area contributed by atoms with Gasteiger partial charge in [0.05, 0.1) is 23.4 Å². The van der Waals surface area contributed by atoms with Gasteiger partial charge in [0.1, 0.15) is 5.82 Å². The van der Waals surface area contributed by atoms with Crippen LogP contribution < -0.4 is 10.3 Å². The Labute approximate surface area is 187 Å². The smallest absolute Gasteiger partial charge is 0.274 e. The number of aryl methyl sites for hydroxylation is 1. The summed E-state index contributed by atoms with van der Waals surface area (Å²) >= 11 is 0. The van der Waals surface area contributed by atoms with E-state index < -0.39 is 11.7 Å². The maximum absolute atomic E-state index is 14.0. The number of benzene rings is 2. The van der Waals surface area contributed by atoms with Gasteiger partial charge >= 0.3 is 0 Å². The van der Waals surface area contributed by atoms with Gasteiger partial charge in [0, 0.05) is 41.4 Å². The molecule has 32 heavy (non-hydrogen) atoms. The van der Waals surface area contributed by atoms with Gasteiger partial charge in [-0.25, -0.2) is 9.82 Å². The Bertz CT molecular complexity index is 1180. The summed E-state index contributed by atoms with van der Waals surface area (Å²) in [7, 11) is 0. The van der Waals surface area contributed by atoms with Gasteiger partial charge in [-0.3, -0.25) is 4.79 Å². The van der Waals surface area contributed by atoms with Crippen molar-refractivity contribution in [2.24, 2.45) is 5.10 Å². The second kappa shape index (κ2) is 9.92. The number of carbonyl (C=O) groups excluding carboxylic acids is 1. The van der Waals surface area contributed by atoms with Crippen LogP contribution in [-0.2, 0) is 0 Å². The number of aromatic nitrogens is 1. The molecule has 1 heterocycles. The van der Waals surface area contributed by atoms with Gasteiger partial charge in [0.25, 0.3) is 5.91 Å². The lowest BCUT2D eigenvalue weighted by molar-refractivity contribution is 0.0951. The van der Waals surface area contributed by atoms with Crippen LogP contribution in [-0.4, -0.2) is 29.8 Å². The van der Waals surface area contributed by atoms with Crippen molar-refractivity contribution in [3.05, 3.63) is 82.4 Å². The minimum absolute atomic E-state index is 0.153. The maximum Gasteiger partial charge on any atom is 0.274 e. The van der Waals surface area contributed by atoms with Crippen LogP contribution in [0.25, 0.3) is 5.69 Å². The van der Waals surface area contributed by atoms with E-state index in [1.54, 1.807) is 6.21 Å². The van der Waals surface area contributed by atoms with Crippen molar-refractivity contribution < 1.29 is 9.18 Å². The van der Waals surface area contributed by atoms with Gasteiger partial charge in [0.15, 0.2) is 0 Å². The number of anilines is 1. The van der Waals surface area contributed by atoms with Crippen molar-refractivity contribution in [2.75, 3.05) is 18.0 Å². The fraction of sp³-hybridized carbons (Fsp3) is 0.240. The number of nitrogens with one attached hydrogen (secondary N) is 1. The molecule has 0 saturated carbocycles. The third kappa shape index (κ3) is 4.70. The number of hydrogen-bond acceptors (Lipinski definition) is 4. The highest BCUT2D eigenvalue weighted by molar-refractivity contribution is 5.95. The maximum atomic E-state index is 14.0. The van der Waals surface area contributed by atoms with Crippen molar-refractivity contribution in [1.82, 2.24) is 9.99 Å². The van der Waals surface area contributed by atoms with E-state index >= 15 is 0 Å². The SMILES string of the molecule is CCN(CC)c1ccc(-n2c(C)cc(/C=N\NC(=O)c3ccc(C#N)cc3F)c2C)cc1. The molecule has 0 saturated heterocycles. The van der Waals surface area contributed by atoms with Gasteiger partial charge in [0.2, 0.25) is 0 Å². The molecule has 0 aliphatic carbocycles. The van der Waals surface area contributed by atoms with Crippen LogP contribution in [0.3, 0.4) is 0 Å². The van der Waals surface area contributed by atoms with Gasteiger partial charge in [-0.2, -0.15) is 10.4 Å². The first-order valence-electron chi connectivity index (χ1n) is 10.5. The van der Waals surface area contributed by atoms with Crippen molar-refractivity contribution in [2.45, 2.75) is 27.7 Å². The first kappa shape index (κ1) is 22.8. The predicted molar refractivity (Wildman–Crippen MR) is 125 cm³/mol. The van der Waals surface area contributed by atoms with Gasteiger partial charge < -0.3 is 9.47 Å². The molecule has 0 atom stereocenters. The molecular formula is C25H26FN5O. The van der Waals surface area contributed by atoms with Crippen LogP contribution in [0.15, 0.2) is 53.6 Å². The van der Waals surface area contributed by atoms with Crippen molar-refractivity contribution in [3.63, 3.8) is 0 Å². The molecule has 164 valence electrons. The molecule has 0 aliphatic rings. The highest BCUT2D eigenvalue weighted by Crippen LogP contribution is 2.23. The predicted octanol–water partition coefficient (Wildman–Crippen LogP) is 4.72. The van der Waals surface area contributed by atoms with E-state index in [1.807, 2.05) is 26.0 Å². The minimum Gasteiger partial charge on any atom is -0.372 e. The Morgan fingerprint density at radius 2 is 1.84 bits per heavy atom. The number of carbonyl (C=O) groups is 1. The number of rotatable bonds is 7. The molecular weight excluding hydrogens is 405 g/mol. The van der Waals surface area contributed by atoms with Crippen LogP contribution in [0.1, 0.15) is 46.7 Å². The molecule has 2 aromatic carbocycles. The molecule has 0 spiro atoms. The second-order valence-electron chi connectivity index (χ2n) is 7.36. The van der Waals surface area contributed by atoms with Gasteiger partial charge in [-0.15, -0.1) is 0 Å². The highest BCUT2D eigenvalue weighted by atomic mass is 19.1. The third-order valence-corrected chi connectivity index (χ3v) is 5.42. The van der Waals surface area contributed by atoms with Crippen molar-refractivity contribution in [3.8, 4) is 11.8 Å². The standard InChI is InChI=1S/C25H26FN5O/c1-5-30(6-2)21-8-10-22(11-9-21)31-17(3)13-20(18(31)4)16-28-29-25(32)23-12-7-19(15-27)14-24(23)26/h7-14,16H,5-6H2,1-4H3,(H,29,32)/b28-16-. The Morgan fingerprint density at radius 3 is 2.44 bits per heavy atom. The van der Waals surface area contributed by atoms with Crippen LogP contribution in [0.4, 0.5) is 10.1 Å². The minimum atomic E-state index is -0.761. The molecule has 0 bridgehead atoms. The lowest BCUT2D eigenvalue weighted by Gasteiger charge is -2.21. The quantitative estimate of drug-likeness (QED) is 0.435. The second-order valence-corrected chi connectivity index (χ2v) is 7.36. The zero-order valence-electron chi connectivity index (χ0n) is 18.7. The topological polar surface area (TPSA) is 73.4 Å². The number of hydrogen-bond donors (Lipinski definition) is 1. The van der Waals surface area contributed by atoms with E-state index in [-0.39, 0.29) is 11.1 Å². The highest BCUT2D eigenvalue weighted by Gasteiger charge is 2.13. The molecule has 1 aromatic heterocycles. The summed E-state index contributed by atoms with van der Waals surface area (Å²) < 4.78 is 16.1. The van der Waals surface area contributed by atoms with E-state index in [4.69, 9.17) is 5.26 Å². The van der Waals surface area contributed by atoms with Crippen molar-refractivity contribution >= 4 is 17.8 Å². The number of halogens is 1. The Kier molecular flexibility index (Phi) is 7.06. The third-order valence-electron chi connectivity index (χ3n) is 5.42. The first-order chi connectivity index (χ1) is 15.4. The molecule has 0 fully saturated rings. The molecule has 0 radical (unpaired) electrons. The number of nitriles is 1. The van der Waals surface area contributed by atoms with E-state index in [1.165, 1.54) is 17.8 Å². The summed E-state index contributed by atoms with van der Waals surface area (Å²) in [6.45, 7) is 10.2. The molecule has 6 nitrogen and oxygen atoms in total. The fourth-order valence-electron chi connectivity index (χ4n) is 3.71. The molecule has 1 N–H and O–H groups in total. The van der Waals surface area contributed by atoms with Gasteiger partial charge in [-0.05, 0) is 76.2 Å². The first-order valence-corrected chi connectivity index (χ1v) is 10.5. The van der Waals surface area contributed by atoms with Crippen molar-refractivity contribution in [1.29, 1.82) is 5.26 Å². The Morgan fingerprint density at radius 1 is 1.16 bits per heavy atom. The number of nitrogens with zero attached hydrogens (tertiary/aromatic N) is 4. The lowest BCUT2D eigenvalue weighted by Crippen LogP contribution is -2.21. The van der Waals surface area contributed by atoms with E-state index in [0.29, 0.717) is 0 Å². The summed E-state index contributed by atoms with van der Waals surface area (Å²) in [5, 5.41) is 12.8. The summed E-state index contributed by atoms with van der Waals surface area (Å²) in [6.07, 6.45) is 1.54. The Balaban J connectivity index is 1.77. The zero-order valence-corrected chi connectivity index (χ0v) is 18.7. The van der Waals surface area contributed by atoms with E-state index in [9.17, 15) is 9.18 Å². The number of amides is 1. The lowest BCUT2D eigenvalue weighted by atomic mass is 10.1. The average Bonchev–Trinajstić information content (AvgIpc) is 3.07. The summed E-state index contributed by atoms with van der Waals surface area (Å²) in [6, 6.07) is 15.9. The largest absolute Gasteiger partial charge is 0.372 e. The normalized spacial score (nSPS) is 10.9. The molecule has 0 aliphatic heterocycles. The molecule has 0 unspecified atom stereocenters. The van der Waals surface area contributed by atoms with Gasteiger partial charge in [-0.1, -0.05) is 0 Å². The van der Waals surface area contributed by atoms with Crippen LogP contribution in [0.2, 0.25) is 0 Å². The fourth-order valence-corrected chi connectivity index (χ4v) is 3.71. The molecule has 3 aromatic rings. The molecule has 3 rings (SSSR count). The molecule has 1 amide bonds. The Hall–Kier alpha value is -3.92. The zero-order chi connectivity index (χ0) is 23.3. The monoisotopic (exact) mass is 431 g/mol. The van der Waals surface area contributed by atoms with Crippen LogP contribution in [0.5, 0.6) is 0 Å². The molecule has 7 heteroatoms.